The summed E-state index contributed by atoms with van der Waals surface area (Å²) in [4.78, 5) is 13.6. The van der Waals surface area contributed by atoms with E-state index in [1.807, 2.05) is 0 Å². The molecule has 0 aliphatic carbocycles. The zero-order valence-corrected chi connectivity index (χ0v) is 13.6. The van der Waals surface area contributed by atoms with Crippen molar-refractivity contribution in [3.8, 4) is 0 Å². The van der Waals surface area contributed by atoms with Crippen LogP contribution in [0.5, 0.6) is 0 Å². The number of hydrogen-bond donors (Lipinski definition) is 1. The van der Waals surface area contributed by atoms with Crippen LogP contribution in [0.3, 0.4) is 0 Å². The number of carbonyl (C=O) groups is 1. The standard InChI is InChI=1S/C16H21F3N2O2/c1-15(2,3)23-14(22)21-8-10-7-11(16(17,18)19)5-6-12(10)13(9-21)20-4/h5-7,13,20H,8-9H2,1-4H3. The molecule has 1 aromatic carbocycles. The monoisotopic (exact) mass is 330 g/mol. The fraction of sp³-hybridized carbons (Fsp3) is 0.562. The van der Waals surface area contributed by atoms with Gasteiger partial charge in [0.1, 0.15) is 5.60 Å². The second kappa shape index (κ2) is 6.03. The lowest BCUT2D eigenvalue weighted by atomic mass is 9.93. The highest BCUT2D eigenvalue weighted by molar-refractivity contribution is 5.69. The Morgan fingerprint density at radius 2 is 1.96 bits per heavy atom. The maximum absolute atomic E-state index is 12.9. The molecule has 128 valence electrons. The van der Waals surface area contributed by atoms with Crippen molar-refractivity contribution >= 4 is 6.09 Å². The molecule has 0 spiro atoms. The van der Waals surface area contributed by atoms with E-state index in [1.54, 1.807) is 27.8 Å². The molecule has 2 rings (SSSR count). The van der Waals surface area contributed by atoms with Crippen molar-refractivity contribution in [1.29, 1.82) is 0 Å². The molecule has 1 aromatic rings. The molecule has 1 atom stereocenters. The van der Waals surface area contributed by atoms with Crippen molar-refractivity contribution in [2.45, 2.75) is 45.1 Å². The SMILES string of the molecule is CNC1CN(C(=O)OC(C)(C)C)Cc2cc(C(F)(F)F)ccc21. The zero-order chi connectivity index (χ0) is 17.4. The van der Waals surface area contributed by atoms with Crippen molar-refractivity contribution < 1.29 is 22.7 Å². The third kappa shape index (κ3) is 4.16. The minimum absolute atomic E-state index is 0.104. The number of amides is 1. The van der Waals surface area contributed by atoms with Gasteiger partial charge in [0.2, 0.25) is 0 Å². The summed E-state index contributed by atoms with van der Waals surface area (Å²) in [5.41, 5.74) is -0.103. The lowest BCUT2D eigenvalue weighted by Gasteiger charge is -2.35. The number of rotatable bonds is 1. The van der Waals surface area contributed by atoms with Gasteiger partial charge < -0.3 is 15.0 Å². The molecule has 0 saturated carbocycles. The van der Waals surface area contributed by atoms with Crippen LogP contribution in [0.15, 0.2) is 18.2 Å². The van der Waals surface area contributed by atoms with E-state index in [0.717, 1.165) is 17.7 Å². The van der Waals surface area contributed by atoms with Gasteiger partial charge in [0, 0.05) is 13.1 Å². The molecular weight excluding hydrogens is 309 g/mol. The number of alkyl halides is 3. The maximum Gasteiger partial charge on any atom is 0.416 e. The summed E-state index contributed by atoms with van der Waals surface area (Å²) < 4.78 is 44.0. The van der Waals surface area contributed by atoms with E-state index < -0.39 is 23.4 Å². The molecule has 23 heavy (non-hydrogen) atoms. The summed E-state index contributed by atoms with van der Waals surface area (Å²) in [7, 11) is 1.71. The second-order valence-corrected chi connectivity index (χ2v) is 6.61. The van der Waals surface area contributed by atoms with E-state index in [0.29, 0.717) is 12.1 Å². The van der Waals surface area contributed by atoms with Crippen molar-refractivity contribution in [3.63, 3.8) is 0 Å². The summed E-state index contributed by atoms with van der Waals surface area (Å²) in [6.45, 7) is 5.70. The van der Waals surface area contributed by atoms with Crippen molar-refractivity contribution in [2.75, 3.05) is 13.6 Å². The molecule has 0 aromatic heterocycles. The Hall–Kier alpha value is -1.76. The number of carbonyl (C=O) groups excluding carboxylic acids is 1. The summed E-state index contributed by atoms with van der Waals surface area (Å²) in [6.07, 6.45) is -4.93. The Morgan fingerprint density at radius 1 is 1.30 bits per heavy atom. The van der Waals surface area contributed by atoms with Crippen LogP contribution in [0, 0.1) is 0 Å². The van der Waals surface area contributed by atoms with Gasteiger partial charge in [-0.15, -0.1) is 0 Å². The minimum Gasteiger partial charge on any atom is -0.444 e. The Bertz CT molecular complexity index is 594. The summed E-state index contributed by atoms with van der Waals surface area (Å²) in [5, 5.41) is 3.04. The molecule has 1 amide bonds. The molecule has 1 aliphatic heterocycles. The predicted octanol–water partition coefficient (Wildman–Crippen LogP) is 3.72. The van der Waals surface area contributed by atoms with Crippen LogP contribution in [0.2, 0.25) is 0 Å². The Morgan fingerprint density at radius 3 is 2.48 bits per heavy atom. The largest absolute Gasteiger partial charge is 0.444 e. The molecule has 0 bridgehead atoms. The number of ether oxygens (including phenoxy) is 1. The number of halogens is 3. The first-order chi connectivity index (χ1) is 10.5. The molecule has 1 N–H and O–H groups in total. The van der Waals surface area contributed by atoms with Gasteiger partial charge in [0.15, 0.2) is 0 Å². The van der Waals surface area contributed by atoms with Crippen LogP contribution in [-0.4, -0.2) is 30.2 Å². The fourth-order valence-corrected chi connectivity index (χ4v) is 2.56. The van der Waals surface area contributed by atoms with Crippen molar-refractivity contribution in [1.82, 2.24) is 10.2 Å². The third-order valence-corrected chi connectivity index (χ3v) is 3.61. The fourth-order valence-electron chi connectivity index (χ4n) is 2.56. The van der Waals surface area contributed by atoms with Crippen LogP contribution in [-0.2, 0) is 17.5 Å². The molecule has 0 radical (unpaired) electrons. The summed E-state index contributed by atoms with van der Waals surface area (Å²) in [5.74, 6) is 0. The lowest BCUT2D eigenvalue weighted by molar-refractivity contribution is -0.137. The smallest absolute Gasteiger partial charge is 0.416 e. The van der Waals surface area contributed by atoms with Gasteiger partial charge in [0.25, 0.3) is 0 Å². The molecular formula is C16H21F3N2O2. The highest BCUT2D eigenvalue weighted by Gasteiger charge is 2.34. The van der Waals surface area contributed by atoms with Gasteiger partial charge >= 0.3 is 12.3 Å². The number of benzene rings is 1. The van der Waals surface area contributed by atoms with Crippen molar-refractivity contribution in [2.24, 2.45) is 0 Å². The van der Waals surface area contributed by atoms with Crippen LogP contribution < -0.4 is 5.32 Å². The number of hydrogen-bond acceptors (Lipinski definition) is 3. The molecule has 1 aliphatic rings. The van der Waals surface area contributed by atoms with Gasteiger partial charge in [-0.1, -0.05) is 6.07 Å². The molecule has 7 heteroatoms. The zero-order valence-electron chi connectivity index (χ0n) is 13.6. The Kier molecular flexibility index (Phi) is 4.61. The number of fused-ring (bicyclic) bond motifs is 1. The van der Waals surface area contributed by atoms with E-state index in [1.165, 1.54) is 11.0 Å². The molecule has 4 nitrogen and oxygen atoms in total. The summed E-state index contributed by atoms with van der Waals surface area (Å²) in [6, 6.07) is 3.43. The first-order valence-electron chi connectivity index (χ1n) is 7.36. The van der Waals surface area contributed by atoms with E-state index in [-0.39, 0.29) is 12.6 Å². The second-order valence-electron chi connectivity index (χ2n) is 6.61. The highest BCUT2D eigenvalue weighted by Crippen LogP contribution is 2.34. The molecule has 1 unspecified atom stereocenters. The van der Waals surface area contributed by atoms with Crippen LogP contribution in [0.1, 0.15) is 43.5 Å². The Balaban J connectivity index is 2.30. The highest BCUT2D eigenvalue weighted by atomic mass is 19.4. The van der Waals surface area contributed by atoms with Gasteiger partial charge in [-0.3, -0.25) is 0 Å². The van der Waals surface area contributed by atoms with E-state index >= 15 is 0 Å². The van der Waals surface area contributed by atoms with Crippen LogP contribution >= 0.6 is 0 Å². The number of likely N-dealkylation sites (N-methyl/N-ethyl adjacent to an activating group) is 1. The average molecular weight is 330 g/mol. The van der Waals surface area contributed by atoms with Gasteiger partial charge in [-0.2, -0.15) is 13.2 Å². The van der Waals surface area contributed by atoms with Crippen LogP contribution in [0.4, 0.5) is 18.0 Å². The maximum atomic E-state index is 12.9. The van der Waals surface area contributed by atoms with Gasteiger partial charge in [-0.25, -0.2) is 4.79 Å². The molecule has 1 heterocycles. The predicted molar refractivity (Wildman–Crippen MR) is 79.9 cm³/mol. The minimum atomic E-state index is -4.40. The average Bonchev–Trinajstić information content (AvgIpc) is 2.42. The number of nitrogens with zero attached hydrogens (tertiary/aromatic N) is 1. The first kappa shape index (κ1) is 17.6. The van der Waals surface area contributed by atoms with Gasteiger partial charge in [-0.05, 0) is 51.1 Å². The topological polar surface area (TPSA) is 41.6 Å². The van der Waals surface area contributed by atoms with Crippen molar-refractivity contribution in [3.05, 3.63) is 34.9 Å². The van der Waals surface area contributed by atoms with Gasteiger partial charge in [0.05, 0.1) is 11.6 Å². The Labute approximate surface area is 133 Å². The van der Waals surface area contributed by atoms with E-state index in [2.05, 4.69) is 5.32 Å². The summed E-state index contributed by atoms with van der Waals surface area (Å²) >= 11 is 0. The normalized spacial score (nSPS) is 18.6. The van der Waals surface area contributed by atoms with Crippen LogP contribution in [0.25, 0.3) is 0 Å². The first-order valence-corrected chi connectivity index (χ1v) is 7.36. The number of nitrogens with one attached hydrogen (secondary N) is 1. The molecule has 0 fully saturated rings. The molecule has 0 saturated heterocycles. The third-order valence-electron chi connectivity index (χ3n) is 3.61. The lowest BCUT2D eigenvalue weighted by Crippen LogP contribution is -2.44. The van der Waals surface area contributed by atoms with E-state index in [4.69, 9.17) is 4.74 Å². The van der Waals surface area contributed by atoms with E-state index in [9.17, 15) is 18.0 Å². The quantitative estimate of drug-likeness (QED) is 0.853.